The van der Waals surface area contributed by atoms with Gasteiger partial charge in [0.2, 0.25) is 0 Å². The van der Waals surface area contributed by atoms with Crippen LogP contribution in [0.5, 0.6) is 0 Å². The maximum Gasteiger partial charge on any atom is 0.173 e. The maximum absolute atomic E-state index is 4.81. The normalized spacial score (nSPS) is 24.1. The van der Waals surface area contributed by atoms with Gasteiger partial charge in [0.15, 0.2) is 4.90 Å². The molecule has 1 aromatic carbocycles. The molecule has 32 heavy (non-hydrogen) atoms. The predicted octanol–water partition coefficient (Wildman–Crippen LogP) is 4.90. The highest BCUT2D eigenvalue weighted by Crippen LogP contribution is 2.45. The molecule has 5 heteroatoms. The van der Waals surface area contributed by atoms with Gasteiger partial charge in [-0.05, 0) is 75.9 Å². The molecule has 4 nitrogen and oxygen atoms in total. The van der Waals surface area contributed by atoms with Crippen LogP contribution in [-0.4, -0.2) is 51.7 Å². The van der Waals surface area contributed by atoms with Crippen molar-refractivity contribution in [2.75, 3.05) is 32.7 Å². The number of aromatic nitrogens is 2. The molecule has 0 bridgehead atoms. The molecular weight excluding hydrogens is 412 g/mol. The van der Waals surface area contributed by atoms with E-state index in [9.17, 15) is 0 Å². The first-order chi connectivity index (χ1) is 15.6. The third-order valence-corrected chi connectivity index (χ3v) is 8.75. The minimum Gasteiger partial charge on any atom is -0.302 e. The van der Waals surface area contributed by atoms with Crippen LogP contribution in [0.4, 0.5) is 0 Å². The Morgan fingerprint density at radius 1 is 1.06 bits per heavy atom. The van der Waals surface area contributed by atoms with Gasteiger partial charge in [0.05, 0.1) is 30.4 Å². The van der Waals surface area contributed by atoms with Crippen molar-refractivity contribution in [1.29, 1.82) is 0 Å². The van der Waals surface area contributed by atoms with Gasteiger partial charge in [-0.2, -0.15) is 5.10 Å². The third-order valence-electron chi connectivity index (χ3n) is 7.59. The van der Waals surface area contributed by atoms with E-state index in [1.165, 1.54) is 91.8 Å². The Bertz CT molecular complexity index is 941. The van der Waals surface area contributed by atoms with Crippen LogP contribution in [0.25, 0.3) is 6.08 Å². The Kier molecular flexibility index (Phi) is 6.77. The molecule has 3 heterocycles. The molecule has 3 aliphatic rings. The number of benzene rings is 1. The molecule has 1 aromatic heterocycles. The third kappa shape index (κ3) is 4.71. The Balaban J connectivity index is 1.41. The summed E-state index contributed by atoms with van der Waals surface area (Å²) in [6.07, 6.45) is 13.6. The molecular formula is C27H39N4S+. The summed E-state index contributed by atoms with van der Waals surface area (Å²) in [5.41, 5.74) is 6.13. The van der Waals surface area contributed by atoms with Crippen molar-refractivity contribution < 1.29 is 0 Å². The van der Waals surface area contributed by atoms with Gasteiger partial charge in [-0.15, -0.1) is 4.31 Å². The van der Waals surface area contributed by atoms with E-state index in [-0.39, 0.29) is 5.41 Å². The molecule has 1 atom stereocenters. The number of hydrogen-bond acceptors (Lipinski definition) is 3. The van der Waals surface area contributed by atoms with Crippen LogP contribution in [0.15, 0.2) is 40.9 Å². The summed E-state index contributed by atoms with van der Waals surface area (Å²) < 4.78 is 4.96. The van der Waals surface area contributed by atoms with Crippen molar-refractivity contribution in [2.45, 2.75) is 70.2 Å². The fraction of sp³-hybridized carbons (Fsp3) is 0.593. The SMILES string of the molecule is CCCCn1ncc2c1C=C1CCN([SH+]c3ccc(C)cc3)C[C@@]1(CN1CCCCC1)C2. The van der Waals surface area contributed by atoms with Gasteiger partial charge in [-0.3, -0.25) is 4.68 Å². The molecule has 5 rings (SSSR count). The van der Waals surface area contributed by atoms with E-state index in [0.29, 0.717) is 0 Å². The maximum atomic E-state index is 4.81. The van der Waals surface area contributed by atoms with Crippen LogP contribution < -0.4 is 0 Å². The highest BCUT2D eigenvalue weighted by atomic mass is 32.2. The second kappa shape index (κ2) is 9.74. The van der Waals surface area contributed by atoms with Gasteiger partial charge in [0, 0.05) is 25.0 Å². The summed E-state index contributed by atoms with van der Waals surface area (Å²) >= 11 is 1.36. The molecule has 1 aliphatic carbocycles. The zero-order valence-corrected chi connectivity index (χ0v) is 20.8. The summed E-state index contributed by atoms with van der Waals surface area (Å²) in [4.78, 5) is 4.18. The van der Waals surface area contributed by atoms with Crippen molar-refractivity contribution in [3.05, 3.63) is 52.9 Å². The average Bonchev–Trinajstić information content (AvgIpc) is 3.19. The highest BCUT2D eigenvalue weighted by Gasteiger charge is 2.46. The van der Waals surface area contributed by atoms with E-state index >= 15 is 0 Å². The Morgan fingerprint density at radius 2 is 1.88 bits per heavy atom. The van der Waals surface area contributed by atoms with E-state index in [1.807, 2.05) is 0 Å². The van der Waals surface area contributed by atoms with Crippen LogP contribution in [0.2, 0.25) is 0 Å². The summed E-state index contributed by atoms with van der Waals surface area (Å²) in [7, 11) is 0. The summed E-state index contributed by atoms with van der Waals surface area (Å²) in [6, 6.07) is 9.10. The monoisotopic (exact) mass is 451 g/mol. The molecule has 0 radical (unpaired) electrons. The summed E-state index contributed by atoms with van der Waals surface area (Å²) in [5, 5.41) is 4.81. The number of fused-ring (bicyclic) bond motifs is 2. The Hall–Kier alpha value is -1.56. The first-order valence-electron chi connectivity index (χ1n) is 12.7. The highest BCUT2D eigenvalue weighted by molar-refractivity contribution is 7.76. The topological polar surface area (TPSA) is 24.3 Å². The number of piperidine rings is 2. The fourth-order valence-electron chi connectivity index (χ4n) is 5.80. The molecule has 2 aliphatic heterocycles. The number of likely N-dealkylation sites (tertiary alicyclic amines) is 1. The summed E-state index contributed by atoms with van der Waals surface area (Å²) in [6.45, 7) is 11.5. The molecule has 0 unspecified atom stereocenters. The lowest BCUT2D eigenvalue weighted by Gasteiger charge is -2.47. The molecule has 0 amide bonds. The number of thiol groups is 1. The molecule has 172 valence electrons. The predicted molar refractivity (Wildman–Crippen MR) is 136 cm³/mol. The van der Waals surface area contributed by atoms with Gasteiger partial charge in [0.1, 0.15) is 0 Å². The zero-order valence-electron chi connectivity index (χ0n) is 19.9. The lowest BCUT2D eigenvalue weighted by Crippen LogP contribution is -2.53. The van der Waals surface area contributed by atoms with Crippen LogP contribution in [0.1, 0.15) is 62.3 Å². The number of rotatable bonds is 7. The number of unbranched alkanes of at least 4 members (excludes halogenated alkanes) is 1. The van der Waals surface area contributed by atoms with Gasteiger partial charge in [-0.1, -0.05) is 43.0 Å². The molecule has 2 saturated heterocycles. The molecule has 0 saturated carbocycles. The first-order valence-corrected chi connectivity index (χ1v) is 13.5. The van der Waals surface area contributed by atoms with Crippen LogP contribution in [0, 0.1) is 12.3 Å². The minimum atomic E-state index is 0.235. The van der Waals surface area contributed by atoms with Gasteiger partial charge in [0.25, 0.3) is 0 Å². The summed E-state index contributed by atoms with van der Waals surface area (Å²) in [5.74, 6) is 0. The van der Waals surface area contributed by atoms with E-state index < -0.39 is 0 Å². The second-order valence-corrected chi connectivity index (χ2v) is 11.5. The standard InChI is InChI=1S/C27H38N4S/c1-3-4-15-31-26-17-24-12-16-30(32-25-10-8-22(2)9-11-25)21-27(24,18-23(26)19-28-31)20-29-13-6-5-7-14-29/h8-11,17,19H,3-7,12-16,18,20-21H2,1-2H3/p+1/t27-/m0/s1. The lowest BCUT2D eigenvalue weighted by molar-refractivity contribution is 0.118. The quantitative estimate of drug-likeness (QED) is 0.442. The fourth-order valence-corrected chi connectivity index (χ4v) is 6.96. The van der Waals surface area contributed by atoms with Crippen molar-refractivity contribution in [2.24, 2.45) is 5.41 Å². The molecule has 0 N–H and O–H groups in total. The van der Waals surface area contributed by atoms with Crippen molar-refractivity contribution in [3.63, 3.8) is 0 Å². The van der Waals surface area contributed by atoms with Crippen LogP contribution in [-0.2, 0) is 24.9 Å². The van der Waals surface area contributed by atoms with E-state index in [1.54, 1.807) is 5.57 Å². The van der Waals surface area contributed by atoms with E-state index in [0.717, 1.165) is 26.1 Å². The van der Waals surface area contributed by atoms with Crippen molar-refractivity contribution in [1.82, 2.24) is 19.0 Å². The lowest BCUT2D eigenvalue weighted by atomic mass is 9.68. The molecule has 2 aromatic rings. The van der Waals surface area contributed by atoms with Gasteiger partial charge >= 0.3 is 0 Å². The van der Waals surface area contributed by atoms with Crippen LogP contribution in [0.3, 0.4) is 0 Å². The first kappa shape index (κ1) is 22.2. The van der Waals surface area contributed by atoms with Gasteiger partial charge < -0.3 is 4.90 Å². The van der Waals surface area contributed by atoms with Crippen molar-refractivity contribution in [3.8, 4) is 0 Å². The minimum absolute atomic E-state index is 0.235. The Morgan fingerprint density at radius 3 is 2.66 bits per heavy atom. The largest absolute Gasteiger partial charge is 0.302 e. The number of hydrogen-bond donors (Lipinski definition) is 0. The smallest absolute Gasteiger partial charge is 0.173 e. The zero-order chi connectivity index (χ0) is 22.0. The van der Waals surface area contributed by atoms with Gasteiger partial charge in [-0.25, -0.2) is 0 Å². The second-order valence-electron chi connectivity index (χ2n) is 10.2. The van der Waals surface area contributed by atoms with E-state index in [4.69, 9.17) is 5.10 Å². The Labute approximate surface area is 198 Å². The average molecular weight is 452 g/mol. The number of nitrogens with zero attached hydrogens (tertiary/aromatic N) is 4. The van der Waals surface area contributed by atoms with Crippen LogP contribution >= 0.6 is 0 Å². The van der Waals surface area contributed by atoms with E-state index in [2.05, 4.69) is 64.3 Å². The molecule has 2 fully saturated rings. The van der Waals surface area contributed by atoms with Crippen molar-refractivity contribution >= 4 is 18.0 Å². The molecule has 0 spiro atoms. The number of aryl methyl sites for hydroxylation is 2.